The molecule has 2 nitrogen and oxygen atoms in total. The molecule has 1 N–H and O–H groups in total. The minimum absolute atomic E-state index is 0.0754. The molecule has 0 unspecified atom stereocenters. The van der Waals surface area contributed by atoms with Gasteiger partial charge in [0.15, 0.2) is 0 Å². The van der Waals surface area contributed by atoms with Gasteiger partial charge in [0.25, 0.3) is 5.91 Å². The van der Waals surface area contributed by atoms with Gasteiger partial charge >= 0.3 is 0 Å². The van der Waals surface area contributed by atoms with Crippen molar-refractivity contribution in [1.29, 1.82) is 0 Å². The number of amides is 1. The molecule has 0 bridgehead atoms. The molecule has 0 aliphatic heterocycles. The molecule has 0 aliphatic carbocycles. The second kappa shape index (κ2) is 5.63. The number of fused-ring (bicyclic) bond motifs is 1. The fraction of sp³-hybridized carbons (Fsp3) is 0. The first-order chi connectivity index (χ1) is 9.79. The molecule has 0 heterocycles. The van der Waals surface area contributed by atoms with E-state index in [1.54, 1.807) is 0 Å². The van der Waals surface area contributed by atoms with Crippen molar-refractivity contribution >= 4 is 39.5 Å². The third-order valence-corrected chi connectivity index (χ3v) is 3.78. The Balaban J connectivity index is 2.31. The molecule has 3 aromatic rings. The monoisotopic (exact) mass is 373 g/mol. The first-order valence-electron chi connectivity index (χ1n) is 6.29. The van der Waals surface area contributed by atoms with E-state index in [1.807, 2.05) is 71.4 Å². The van der Waals surface area contributed by atoms with E-state index in [4.69, 9.17) is 0 Å². The van der Waals surface area contributed by atoms with Crippen molar-refractivity contribution in [3.05, 3.63) is 72.3 Å². The Hall–Kier alpha value is -1.88. The number of carbonyl (C=O) groups excluding carboxylic acids is 1. The normalized spacial score (nSPS) is 10.4. The molecular formula is C17H12INO. The average Bonchev–Trinajstić information content (AvgIpc) is 2.54. The number of nitrogens with one attached hydrogen (secondary N) is 1. The molecule has 98 valence electrons. The summed E-state index contributed by atoms with van der Waals surface area (Å²) in [5, 5.41) is 2.23. The number of hydrogen-bond acceptors (Lipinski definition) is 1. The van der Waals surface area contributed by atoms with Crippen LogP contribution in [0.25, 0.3) is 21.9 Å². The molecule has 0 fully saturated rings. The molecule has 0 aromatic heterocycles. The van der Waals surface area contributed by atoms with Crippen molar-refractivity contribution in [1.82, 2.24) is 3.53 Å². The summed E-state index contributed by atoms with van der Waals surface area (Å²) in [5.41, 5.74) is 2.88. The number of rotatable bonds is 2. The van der Waals surface area contributed by atoms with Gasteiger partial charge < -0.3 is 0 Å². The van der Waals surface area contributed by atoms with Crippen LogP contribution in [0.3, 0.4) is 0 Å². The van der Waals surface area contributed by atoms with Gasteiger partial charge in [0.05, 0.1) is 22.9 Å². The predicted octanol–water partition coefficient (Wildman–Crippen LogP) is 4.59. The molecule has 3 rings (SSSR count). The maximum absolute atomic E-state index is 11.9. The van der Waals surface area contributed by atoms with E-state index in [0.29, 0.717) is 5.56 Å². The number of halogens is 1. The van der Waals surface area contributed by atoms with Crippen molar-refractivity contribution in [3.8, 4) is 11.1 Å². The van der Waals surface area contributed by atoms with Gasteiger partial charge in [0, 0.05) is 5.56 Å². The van der Waals surface area contributed by atoms with Crippen LogP contribution in [0.15, 0.2) is 66.7 Å². The third-order valence-electron chi connectivity index (χ3n) is 3.29. The van der Waals surface area contributed by atoms with Crippen LogP contribution in [0.4, 0.5) is 0 Å². The zero-order chi connectivity index (χ0) is 13.9. The predicted molar refractivity (Wildman–Crippen MR) is 90.9 cm³/mol. The zero-order valence-electron chi connectivity index (χ0n) is 10.6. The molecule has 20 heavy (non-hydrogen) atoms. The zero-order valence-corrected chi connectivity index (χ0v) is 12.8. The summed E-state index contributed by atoms with van der Waals surface area (Å²) >= 11 is 1.87. The Labute approximate surface area is 131 Å². The third kappa shape index (κ3) is 2.41. The Kier molecular flexibility index (Phi) is 3.69. The second-order valence-electron chi connectivity index (χ2n) is 4.53. The summed E-state index contributed by atoms with van der Waals surface area (Å²) in [4.78, 5) is 11.9. The van der Waals surface area contributed by atoms with Crippen LogP contribution in [0, 0.1) is 0 Å². The highest BCUT2D eigenvalue weighted by atomic mass is 127. The average molecular weight is 373 g/mol. The summed E-state index contributed by atoms with van der Waals surface area (Å²) < 4.78 is 2.66. The maximum atomic E-state index is 11.9. The minimum Gasteiger partial charge on any atom is -0.295 e. The van der Waals surface area contributed by atoms with Gasteiger partial charge in [0.2, 0.25) is 0 Å². The second-order valence-corrected chi connectivity index (χ2v) is 5.07. The Morgan fingerprint density at radius 1 is 0.900 bits per heavy atom. The van der Waals surface area contributed by atoms with Crippen LogP contribution in [0.1, 0.15) is 10.4 Å². The largest absolute Gasteiger partial charge is 0.295 e. The topological polar surface area (TPSA) is 29.1 Å². The Morgan fingerprint density at radius 3 is 2.35 bits per heavy atom. The molecular weight excluding hydrogens is 361 g/mol. The lowest BCUT2D eigenvalue weighted by Gasteiger charge is -2.09. The smallest absolute Gasteiger partial charge is 0.259 e. The van der Waals surface area contributed by atoms with Gasteiger partial charge in [-0.3, -0.25) is 8.32 Å². The summed E-state index contributed by atoms with van der Waals surface area (Å²) in [6, 6.07) is 22.1. The van der Waals surface area contributed by atoms with E-state index in [1.165, 1.54) is 0 Å². The summed E-state index contributed by atoms with van der Waals surface area (Å²) in [5.74, 6) is -0.0754. The quantitative estimate of drug-likeness (QED) is 0.517. The molecule has 0 atom stereocenters. The van der Waals surface area contributed by atoms with Gasteiger partial charge in [-0.1, -0.05) is 54.6 Å². The minimum atomic E-state index is -0.0754. The van der Waals surface area contributed by atoms with Crippen molar-refractivity contribution in [2.45, 2.75) is 0 Å². The SMILES string of the molecule is O=C(NI)c1cc(-c2ccccc2)c2ccccc2c1. The fourth-order valence-electron chi connectivity index (χ4n) is 2.35. The van der Waals surface area contributed by atoms with Gasteiger partial charge in [-0.25, -0.2) is 0 Å². The lowest BCUT2D eigenvalue weighted by molar-refractivity contribution is 0.0990. The van der Waals surface area contributed by atoms with Crippen LogP contribution >= 0.6 is 22.9 Å². The fourth-order valence-corrected chi connectivity index (χ4v) is 2.66. The summed E-state index contributed by atoms with van der Waals surface area (Å²) in [6.45, 7) is 0. The van der Waals surface area contributed by atoms with E-state index in [-0.39, 0.29) is 5.91 Å². The van der Waals surface area contributed by atoms with Gasteiger partial charge in [-0.2, -0.15) is 0 Å². The van der Waals surface area contributed by atoms with E-state index in [0.717, 1.165) is 21.9 Å². The van der Waals surface area contributed by atoms with Crippen LogP contribution in [0.2, 0.25) is 0 Å². The van der Waals surface area contributed by atoms with Crippen molar-refractivity contribution in [2.75, 3.05) is 0 Å². The highest BCUT2D eigenvalue weighted by molar-refractivity contribution is 14.1. The van der Waals surface area contributed by atoms with Gasteiger partial charge in [-0.05, 0) is 34.0 Å². The van der Waals surface area contributed by atoms with E-state index < -0.39 is 0 Å². The maximum Gasteiger partial charge on any atom is 0.259 e. The lowest BCUT2D eigenvalue weighted by atomic mass is 9.95. The van der Waals surface area contributed by atoms with Crippen LogP contribution in [-0.2, 0) is 0 Å². The molecule has 1 amide bonds. The number of carbonyl (C=O) groups is 1. The van der Waals surface area contributed by atoms with Crippen LogP contribution < -0.4 is 3.53 Å². The molecule has 0 saturated heterocycles. The summed E-state index contributed by atoms with van der Waals surface area (Å²) in [7, 11) is 0. The van der Waals surface area contributed by atoms with E-state index >= 15 is 0 Å². The first-order valence-corrected chi connectivity index (χ1v) is 7.36. The van der Waals surface area contributed by atoms with Gasteiger partial charge in [-0.15, -0.1) is 0 Å². The number of hydrogen-bond donors (Lipinski definition) is 1. The summed E-state index contributed by atoms with van der Waals surface area (Å²) in [6.07, 6.45) is 0. The van der Waals surface area contributed by atoms with Gasteiger partial charge in [0.1, 0.15) is 0 Å². The van der Waals surface area contributed by atoms with Crippen molar-refractivity contribution < 1.29 is 4.79 Å². The molecule has 3 heteroatoms. The molecule has 0 saturated carbocycles. The van der Waals surface area contributed by atoms with Crippen LogP contribution in [0.5, 0.6) is 0 Å². The van der Waals surface area contributed by atoms with Crippen molar-refractivity contribution in [2.24, 2.45) is 0 Å². The van der Waals surface area contributed by atoms with Crippen LogP contribution in [-0.4, -0.2) is 5.91 Å². The highest BCUT2D eigenvalue weighted by Crippen LogP contribution is 2.30. The lowest BCUT2D eigenvalue weighted by Crippen LogP contribution is -2.11. The molecule has 0 aliphatic rings. The molecule has 0 radical (unpaired) electrons. The number of benzene rings is 3. The van der Waals surface area contributed by atoms with E-state index in [2.05, 4.69) is 21.7 Å². The molecule has 3 aromatic carbocycles. The van der Waals surface area contributed by atoms with Crippen molar-refractivity contribution in [3.63, 3.8) is 0 Å². The Bertz CT molecular complexity index is 768. The highest BCUT2D eigenvalue weighted by Gasteiger charge is 2.10. The van der Waals surface area contributed by atoms with E-state index in [9.17, 15) is 4.79 Å². The molecule has 0 spiro atoms. The first kappa shape index (κ1) is 13.1. The standard InChI is InChI=1S/C17H12INO/c18-19-17(20)14-10-13-8-4-5-9-15(13)16(11-14)12-6-2-1-3-7-12/h1-11H,(H,19,20). The Morgan fingerprint density at radius 2 is 1.60 bits per heavy atom.